The quantitative estimate of drug-likeness (QED) is 0.435. The van der Waals surface area contributed by atoms with Crippen LogP contribution in [0.15, 0.2) is 24.3 Å². The lowest BCUT2D eigenvalue weighted by Gasteiger charge is -2.39. The Morgan fingerprint density at radius 3 is 2.16 bits per heavy atom. The normalized spacial score (nSPS) is 18.6. The third-order valence-corrected chi connectivity index (χ3v) is 5.09. The Labute approximate surface area is 181 Å². The number of aliphatic hydroxyl groups excluding tert-OH is 1. The van der Waals surface area contributed by atoms with E-state index in [1.807, 2.05) is 13.8 Å². The fourth-order valence-electron chi connectivity index (χ4n) is 3.47. The topological polar surface area (TPSA) is 148 Å². The van der Waals surface area contributed by atoms with Crippen LogP contribution >= 0.6 is 0 Å². The first-order valence-electron chi connectivity index (χ1n) is 10.2. The predicted molar refractivity (Wildman–Crippen MR) is 115 cm³/mol. The van der Waals surface area contributed by atoms with Crippen molar-refractivity contribution in [3.63, 3.8) is 0 Å². The molecule has 10 heteroatoms. The summed E-state index contributed by atoms with van der Waals surface area (Å²) in [5.74, 6) is -3.07. The van der Waals surface area contributed by atoms with Gasteiger partial charge in [0.15, 0.2) is 6.04 Å². The van der Waals surface area contributed by atoms with Crippen molar-refractivity contribution >= 4 is 35.2 Å². The maximum Gasteiger partial charge on any atom is 0.328 e. The number of hydrogen-bond donors (Lipinski definition) is 5. The number of urea groups is 1. The van der Waals surface area contributed by atoms with Gasteiger partial charge in [0.1, 0.15) is 12.1 Å². The van der Waals surface area contributed by atoms with Crippen LogP contribution in [-0.4, -0.2) is 58.3 Å². The number of hydrogen-bond acceptors (Lipinski definition) is 5. The number of carbonyl (C=O) groups is 4. The number of para-hydroxylation sites is 2. The summed E-state index contributed by atoms with van der Waals surface area (Å²) >= 11 is 0. The molecule has 0 saturated carbocycles. The highest BCUT2D eigenvalue weighted by atomic mass is 16.4. The van der Waals surface area contributed by atoms with Crippen LogP contribution < -0.4 is 20.9 Å². The Balaban J connectivity index is 2.33. The van der Waals surface area contributed by atoms with Gasteiger partial charge in [-0.3, -0.25) is 14.5 Å². The Morgan fingerprint density at radius 2 is 1.65 bits per heavy atom. The molecule has 0 aromatic heterocycles. The number of amides is 4. The molecule has 0 bridgehead atoms. The van der Waals surface area contributed by atoms with E-state index in [1.54, 1.807) is 38.1 Å². The Kier molecular flexibility index (Phi) is 7.61. The Bertz CT molecular complexity index is 854. The smallest absolute Gasteiger partial charge is 0.328 e. The number of nitrogens with one attached hydrogen (secondary N) is 3. The molecule has 0 aliphatic carbocycles. The molecule has 0 unspecified atom stereocenters. The van der Waals surface area contributed by atoms with Crippen molar-refractivity contribution in [3.8, 4) is 0 Å². The molecule has 1 aliphatic rings. The van der Waals surface area contributed by atoms with E-state index < -0.39 is 48.1 Å². The lowest BCUT2D eigenvalue weighted by Crippen LogP contribution is -2.61. The highest BCUT2D eigenvalue weighted by molar-refractivity contribution is 6.12. The molecule has 0 saturated heterocycles. The van der Waals surface area contributed by atoms with E-state index in [1.165, 1.54) is 11.8 Å². The molecule has 4 amide bonds. The highest BCUT2D eigenvalue weighted by Gasteiger charge is 2.40. The van der Waals surface area contributed by atoms with Gasteiger partial charge in [0.25, 0.3) is 0 Å². The number of carbonyl (C=O) groups excluding carboxylic acids is 3. The summed E-state index contributed by atoms with van der Waals surface area (Å²) in [6.45, 7) is 8.26. The Morgan fingerprint density at radius 1 is 1.03 bits per heavy atom. The van der Waals surface area contributed by atoms with Crippen LogP contribution in [0.2, 0.25) is 0 Å². The zero-order chi connectivity index (χ0) is 23.5. The van der Waals surface area contributed by atoms with Gasteiger partial charge in [0, 0.05) is 0 Å². The van der Waals surface area contributed by atoms with E-state index in [9.17, 15) is 29.4 Å². The fourth-order valence-corrected chi connectivity index (χ4v) is 3.47. The first kappa shape index (κ1) is 24.1. The minimum atomic E-state index is -1.52. The lowest BCUT2D eigenvalue weighted by atomic mass is 9.97. The maximum absolute atomic E-state index is 13.3. The molecule has 0 fully saturated rings. The Hall–Kier alpha value is -3.14. The van der Waals surface area contributed by atoms with Crippen LogP contribution in [-0.2, 0) is 14.4 Å². The molecule has 0 radical (unpaired) electrons. The minimum Gasteiger partial charge on any atom is -0.480 e. The van der Waals surface area contributed by atoms with E-state index in [2.05, 4.69) is 16.0 Å². The van der Waals surface area contributed by atoms with Crippen molar-refractivity contribution in [2.75, 3.05) is 10.2 Å². The van der Waals surface area contributed by atoms with Gasteiger partial charge in [0.05, 0.1) is 17.5 Å². The summed E-state index contributed by atoms with van der Waals surface area (Å²) in [6.07, 6.45) is -1.33. The fraction of sp³-hybridized carbons (Fsp3) is 0.524. The maximum atomic E-state index is 13.3. The van der Waals surface area contributed by atoms with E-state index in [-0.39, 0.29) is 11.8 Å². The van der Waals surface area contributed by atoms with Crippen molar-refractivity contribution in [1.29, 1.82) is 0 Å². The van der Waals surface area contributed by atoms with Crippen molar-refractivity contribution in [2.24, 2.45) is 11.8 Å². The first-order valence-corrected chi connectivity index (χ1v) is 10.2. The number of carboxylic acid groups (broad SMARTS) is 1. The molecule has 4 atom stereocenters. The number of nitrogens with zero attached hydrogens (tertiary/aromatic N) is 1. The molecule has 1 heterocycles. The highest BCUT2D eigenvalue weighted by Crippen LogP contribution is 2.34. The molecular formula is C21H30N4O6. The van der Waals surface area contributed by atoms with Crippen LogP contribution in [0.3, 0.4) is 0 Å². The van der Waals surface area contributed by atoms with Gasteiger partial charge in [-0.2, -0.15) is 0 Å². The zero-order valence-corrected chi connectivity index (χ0v) is 18.2. The predicted octanol–water partition coefficient (Wildman–Crippen LogP) is 1.15. The molecule has 0 spiro atoms. The minimum absolute atomic E-state index is 0.211. The van der Waals surface area contributed by atoms with Gasteiger partial charge in [0.2, 0.25) is 11.8 Å². The molecule has 1 aromatic carbocycles. The molecule has 31 heavy (non-hydrogen) atoms. The van der Waals surface area contributed by atoms with Crippen molar-refractivity contribution < 1.29 is 29.4 Å². The third kappa shape index (κ3) is 5.32. The standard InChI is InChI=1S/C21H30N4O6/c1-10(2)15(18(27)23-16(12(5)26)20(29)30)24-21(31)25-14-9-7-6-8-13(14)22-19(28)17(25)11(3)4/h6-12,15-17,26H,1-5H3,(H,22,28)(H,23,27)(H,24,31)(H,29,30)/t12-,15+,16+,17+/m1/s1. The lowest BCUT2D eigenvalue weighted by molar-refractivity contribution is -0.145. The van der Waals surface area contributed by atoms with Crippen molar-refractivity contribution in [3.05, 3.63) is 24.3 Å². The third-order valence-electron chi connectivity index (χ3n) is 5.09. The van der Waals surface area contributed by atoms with Gasteiger partial charge in [-0.15, -0.1) is 0 Å². The van der Waals surface area contributed by atoms with Crippen LogP contribution in [0.5, 0.6) is 0 Å². The van der Waals surface area contributed by atoms with Gasteiger partial charge in [-0.1, -0.05) is 39.8 Å². The number of fused-ring (bicyclic) bond motifs is 1. The van der Waals surface area contributed by atoms with Gasteiger partial charge in [-0.25, -0.2) is 9.59 Å². The molecule has 170 valence electrons. The molecule has 1 aromatic rings. The van der Waals surface area contributed by atoms with E-state index >= 15 is 0 Å². The second-order valence-electron chi connectivity index (χ2n) is 8.30. The van der Waals surface area contributed by atoms with Crippen LogP contribution in [0.25, 0.3) is 0 Å². The number of benzene rings is 1. The van der Waals surface area contributed by atoms with E-state index in [0.717, 1.165) is 0 Å². The number of rotatable bonds is 7. The molecule has 10 nitrogen and oxygen atoms in total. The van der Waals surface area contributed by atoms with Gasteiger partial charge >= 0.3 is 12.0 Å². The number of carboxylic acids is 1. The summed E-state index contributed by atoms with van der Waals surface area (Å²) in [7, 11) is 0. The SMILES string of the molecule is CC(C)[C@H](NC(=O)N1c2ccccc2NC(=O)[C@@H]1C(C)C)C(=O)N[C@H](C(=O)O)[C@@H](C)O. The second kappa shape index (κ2) is 9.78. The molecule has 5 N–H and O–H groups in total. The summed E-state index contributed by atoms with van der Waals surface area (Å²) in [5.41, 5.74) is 0.971. The summed E-state index contributed by atoms with van der Waals surface area (Å²) in [5, 5.41) is 26.5. The molecule has 2 rings (SSSR count). The largest absolute Gasteiger partial charge is 0.480 e. The van der Waals surface area contributed by atoms with Crippen LogP contribution in [0, 0.1) is 11.8 Å². The van der Waals surface area contributed by atoms with E-state index in [4.69, 9.17) is 0 Å². The summed E-state index contributed by atoms with van der Waals surface area (Å²) in [4.78, 5) is 51.3. The zero-order valence-electron chi connectivity index (χ0n) is 18.2. The summed E-state index contributed by atoms with van der Waals surface area (Å²) < 4.78 is 0. The van der Waals surface area contributed by atoms with Crippen LogP contribution in [0.1, 0.15) is 34.6 Å². The van der Waals surface area contributed by atoms with Crippen molar-refractivity contribution in [2.45, 2.75) is 58.8 Å². The van der Waals surface area contributed by atoms with Gasteiger partial charge in [-0.05, 0) is 30.9 Å². The molecule has 1 aliphatic heterocycles. The number of aliphatic carboxylic acids is 1. The summed E-state index contributed by atoms with van der Waals surface area (Å²) in [6, 6.07) is 2.79. The van der Waals surface area contributed by atoms with Crippen molar-refractivity contribution in [1.82, 2.24) is 10.6 Å². The monoisotopic (exact) mass is 434 g/mol. The molecular weight excluding hydrogens is 404 g/mol. The first-order chi connectivity index (χ1) is 14.5. The van der Waals surface area contributed by atoms with Gasteiger partial charge < -0.3 is 26.2 Å². The van der Waals surface area contributed by atoms with E-state index in [0.29, 0.717) is 11.4 Å². The second-order valence-corrected chi connectivity index (χ2v) is 8.30. The number of aliphatic hydroxyl groups is 1. The average molecular weight is 434 g/mol. The van der Waals surface area contributed by atoms with Crippen LogP contribution in [0.4, 0.5) is 16.2 Å². The number of anilines is 2. The average Bonchev–Trinajstić information content (AvgIpc) is 2.67.